The standard InChI is InChI=1S/C16H15BrN2/c1-11-6-7-12-4-2-3-5-15(12)19(11)16-10-13(18)8-9-14(16)17/h2-11H,18H2,1H3. The number of benzene rings is 2. The van der Waals surface area contributed by atoms with E-state index in [0.29, 0.717) is 6.04 Å². The van der Waals surface area contributed by atoms with Crippen molar-refractivity contribution in [3.63, 3.8) is 0 Å². The number of halogens is 1. The molecule has 3 heteroatoms. The lowest BCUT2D eigenvalue weighted by Crippen LogP contribution is -2.29. The average molecular weight is 315 g/mol. The summed E-state index contributed by atoms with van der Waals surface area (Å²) in [4.78, 5) is 2.30. The summed E-state index contributed by atoms with van der Waals surface area (Å²) in [5, 5.41) is 0. The minimum absolute atomic E-state index is 0.299. The monoisotopic (exact) mass is 314 g/mol. The molecule has 2 nitrogen and oxygen atoms in total. The van der Waals surface area contributed by atoms with Gasteiger partial charge in [-0.3, -0.25) is 0 Å². The highest BCUT2D eigenvalue weighted by Gasteiger charge is 2.22. The normalized spacial score (nSPS) is 17.4. The molecule has 0 saturated heterocycles. The van der Waals surface area contributed by atoms with E-state index in [2.05, 4.69) is 64.2 Å². The highest BCUT2D eigenvalue weighted by molar-refractivity contribution is 9.10. The Bertz CT molecular complexity index is 649. The van der Waals surface area contributed by atoms with Crippen molar-refractivity contribution >= 4 is 39.1 Å². The summed E-state index contributed by atoms with van der Waals surface area (Å²) in [7, 11) is 0. The van der Waals surface area contributed by atoms with Crippen LogP contribution in [0.3, 0.4) is 0 Å². The van der Waals surface area contributed by atoms with Gasteiger partial charge in [-0.2, -0.15) is 0 Å². The molecule has 0 fully saturated rings. The Balaban J connectivity index is 2.18. The molecule has 0 bridgehead atoms. The summed E-state index contributed by atoms with van der Waals surface area (Å²) in [5.41, 5.74) is 10.3. The highest BCUT2D eigenvalue weighted by atomic mass is 79.9. The molecule has 1 unspecified atom stereocenters. The Morgan fingerprint density at radius 1 is 1.11 bits per heavy atom. The van der Waals surface area contributed by atoms with Gasteiger partial charge >= 0.3 is 0 Å². The Kier molecular flexibility index (Phi) is 3.07. The molecule has 1 aliphatic heterocycles. The Morgan fingerprint density at radius 3 is 2.74 bits per heavy atom. The van der Waals surface area contributed by atoms with Crippen LogP contribution in [0.25, 0.3) is 6.08 Å². The molecule has 0 spiro atoms. The second kappa shape index (κ2) is 4.74. The molecule has 19 heavy (non-hydrogen) atoms. The molecule has 0 amide bonds. The Labute approximate surface area is 121 Å². The van der Waals surface area contributed by atoms with Crippen LogP contribution in [0, 0.1) is 0 Å². The Morgan fingerprint density at radius 2 is 1.89 bits per heavy atom. The molecule has 0 aliphatic carbocycles. The molecule has 0 saturated carbocycles. The van der Waals surface area contributed by atoms with Crippen molar-refractivity contribution in [3.8, 4) is 0 Å². The zero-order valence-corrected chi connectivity index (χ0v) is 12.3. The quantitative estimate of drug-likeness (QED) is 0.780. The summed E-state index contributed by atoms with van der Waals surface area (Å²) in [5.74, 6) is 0. The van der Waals surface area contributed by atoms with Gasteiger partial charge in [-0.05, 0) is 52.7 Å². The molecule has 1 atom stereocenters. The number of hydrogen-bond acceptors (Lipinski definition) is 2. The van der Waals surface area contributed by atoms with Crippen molar-refractivity contribution in [1.29, 1.82) is 0 Å². The first kappa shape index (κ1) is 12.3. The van der Waals surface area contributed by atoms with Crippen molar-refractivity contribution in [2.75, 3.05) is 10.6 Å². The van der Waals surface area contributed by atoms with Gasteiger partial charge < -0.3 is 10.6 Å². The van der Waals surface area contributed by atoms with Gasteiger partial charge in [0.1, 0.15) is 0 Å². The van der Waals surface area contributed by atoms with E-state index in [9.17, 15) is 0 Å². The van der Waals surface area contributed by atoms with E-state index in [-0.39, 0.29) is 0 Å². The Hall–Kier alpha value is -1.74. The number of anilines is 3. The van der Waals surface area contributed by atoms with Crippen LogP contribution in [-0.4, -0.2) is 6.04 Å². The molecule has 3 rings (SSSR count). The molecule has 0 aromatic heterocycles. The third-order valence-corrected chi connectivity index (χ3v) is 4.06. The number of nitrogen functional groups attached to an aromatic ring is 1. The van der Waals surface area contributed by atoms with E-state index in [4.69, 9.17) is 5.73 Å². The first-order chi connectivity index (χ1) is 9.16. The SMILES string of the molecule is CC1C=Cc2ccccc2N1c1cc(N)ccc1Br. The first-order valence-corrected chi connectivity index (χ1v) is 7.07. The van der Waals surface area contributed by atoms with Gasteiger partial charge in [0.05, 0.1) is 5.69 Å². The highest BCUT2D eigenvalue weighted by Crippen LogP contribution is 2.39. The van der Waals surface area contributed by atoms with E-state index < -0.39 is 0 Å². The van der Waals surface area contributed by atoms with Gasteiger partial charge in [0, 0.05) is 21.9 Å². The van der Waals surface area contributed by atoms with Crippen LogP contribution in [0.15, 0.2) is 53.0 Å². The number of hydrogen-bond donors (Lipinski definition) is 1. The topological polar surface area (TPSA) is 29.3 Å². The lowest BCUT2D eigenvalue weighted by atomic mass is 10.0. The molecule has 2 aromatic rings. The minimum Gasteiger partial charge on any atom is -0.399 e. The molecule has 0 radical (unpaired) electrons. The number of nitrogens with two attached hydrogens (primary N) is 1. The molecular formula is C16H15BrN2. The van der Waals surface area contributed by atoms with E-state index in [1.165, 1.54) is 11.3 Å². The van der Waals surface area contributed by atoms with Crippen LogP contribution in [0.1, 0.15) is 12.5 Å². The van der Waals surface area contributed by atoms with Gasteiger partial charge in [0.2, 0.25) is 0 Å². The number of rotatable bonds is 1. The molecule has 96 valence electrons. The van der Waals surface area contributed by atoms with Crippen molar-refractivity contribution in [2.45, 2.75) is 13.0 Å². The fourth-order valence-corrected chi connectivity index (χ4v) is 2.90. The molecule has 2 N–H and O–H groups in total. The van der Waals surface area contributed by atoms with Crippen molar-refractivity contribution in [1.82, 2.24) is 0 Å². The third-order valence-electron chi connectivity index (χ3n) is 3.39. The van der Waals surface area contributed by atoms with E-state index in [1.807, 2.05) is 18.2 Å². The third kappa shape index (κ3) is 2.15. The van der Waals surface area contributed by atoms with Crippen molar-refractivity contribution < 1.29 is 0 Å². The predicted molar refractivity (Wildman–Crippen MR) is 85.6 cm³/mol. The summed E-state index contributed by atoms with van der Waals surface area (Å²) >= 11 is 3.62. The predicted octanol–water partition coefficient (Wildman–Crippen LogP) is 4.58. The van der Waals surface area contributed by atoms with Crippen LogP contribution >= 0.6 is 15.9 Å². The molecular weight excluding hydrogens is 300 g/mol. The van der Waals surface area contributed by atoms with Crippen LogP contribution in [-0.2, 0) is 0 Å². The minimum atomic E-state index is 0.299. The molecule has 2 aromatic carbocycles. The van der Waals surface area contributed by atoms with Crippen LogP contribution < -0.4 is 10.6 Å². The maximum Gasteiger partial charge on any atom is 0.0581 e. The van der Waals surface area contributed by atoms with Gasteiger partial charge in [-0.15, -0.1) is 0 Å². The van der Waals surface area contributed by atoms with Gasteiger partial charge in [0.25, 0.3) is 0 Å². The summed E-state index contributed by atoms with van der Waals surface area (Å²) < 4.78 is 1.05. The van der Waals surface area contributed by atoms with Crippen molar-refractivity contribution in [2.24, 2.45) is 0 Å². The fraction of sp³-hybridized carbons (Fsp3) is 0.125. The number of fused-ring (bicyclic) bond motifs is 1. The summed E-state index contributed by atoms with van der Waals surface area (Å²) in [6.45, 7) is 2.18. The van der Waals surface area contributed by atoms with Gasteiger partial charge in [-0.25, -0.2) is 0 Å². The summed E-state index contributed by atoms with van der Waals surface area (Å²) in [6.07, 6.45) is 4.38. The first-order valence-electron chi connectivity index (χ1n) is 6.28. The molecule has 1 heterocycles. The van der Waals surface area contributed by atoms with Gasteiger partial charge in [0.15, 0.2) is 0 Å². The van der Waals surface area contributed by atoms with Crippen LogP contribution in [0.4, 0.5) is 17.1 Å². The zero-order chi connectivity index (χ0) is 13.4. The van der Waals surface area contributed by atoms with Gasteiger partial charge in [-0.1, -0.05) is 30.4 Å². The van der Waals surface area contributed by atoms with Crippen molar-refractivity contribution in [3.05, 3.63) is 58.6 Å². The second-order valence-corrected chi connectivity index (χ2v) is 5.59. The number of nitrogens with zero attached hydrogens (tertiary/aromatic N) is 1. The number of para-hydroxylation sites is 1. The van der Waals surface area contributed by atoms with Crippen LogP contribution in [0.2, 0.25) is 0 Å². The lowest BCUT2D eigenvalue weighted by molar-refractivity contribution is 0.856. The second-order valence-electron chi connectivity index (χ2n) is 4.74. The fourth-order valence-electron chi connectivity index (χ4n) is 2.46. The van der Waals surface area contributed by atoms with E-state index in [1.54, 1.807) is 0 Å². The average Bonchev–Trinajstić information content (AvgIpc) is 2.42. The molecule has 1 aliphatic rings. The van der Waals surface area contributed by atoms with E-state index >= 15 is 0 Å². The smallest absolute Gasteiger partial charge is 0.0581 e. The zero-order valence-electron chi connectivity index (χ0n) is 10.7. The largest absolute Gasteiger partial charge is 0.399 e. The lowest BCUT2D eigenvalue weighted by Gasteiger charge is -2.34. The maximum absolute atomic E-state index is 5.93. The van der Waals surface area contributed by atoms with Crippen LogP contribution in [0.5, 0.6) is 0 Å². The summed E-state index contributed by atoms with van der Waals surface area (Å²) in [6, 6.07) is 14.6. The maximum atomic E-state index is 5.93. The van der Waals surface area contributed by atoms with E-state index in [0.717, 1.165) is 15.8 Å².